The number of methoxy groups -OCH3 is 2. The maximum atomic E-state index is 12.1. The van der Waals surface area contributed by atoms with Gasteiger partial charge in [0.05, 0.1) is 24.9 Å². The van der Waals surface area contributed by atoms with Crippen molar-refractivity contribution >= 4 is 18.5 Å². The molecule has 1 aliphatic heterocycles. The average Bonchev–Trinajstić information content (AvgIpc) is 2.74. The number of carbonyl (C=O) groups is 1. The molecule has 2 rings (SSSR count). The van der Waals surface area contributed by atoms with Gasteiger partial charge in [-0.1, -0.05) is 6.07 Å². The van der Waals surface area contributed by atoms with Crippen molar-refractivity contribution < 1.29 is 23.6 Å². The predicted octanol–water partition coefficient (Wildman–Crippen LogP) is 1.37. The van der Waals surface area contributed by atoms with E-state index in [9.17, 15) is 4.79 Å². The van der Waals surface area contributed by atoms with Gasteiger partial charge in [0.2, 0.25) is 0 Å². The molecule has 0 aliphatic carbocycles. The number of benzene rings is 1. The van der Waals surface area contributed by atoms with E-state index in [1.807, 2.05) is 33.8 Å². The zero-order valence-corrected chi connectivity index (χ0v) is 15.3. The Bertz CT molecular complexity index is 587. The molecule has 0 atom stereocenters. The van der Waals surface area contributed by atoms with Gasteiger partial charge in [0.25, 0.3) is 5.91 Å². The van der Waals surface area contributed by atoms with Crippen molar-refractivity contribution in [3.63, 3.8) is 0 Å². The monoisotopic (exact) mass is 335 g/mol. The maximum Gasteiger partial charge on any atom is 0.498 e. The molecular formula is C17H26BNO5. The third-order valence-electron chi connectivity index (χ3n) is 4.59. The van der Waals surface area contributed by atoms with E-state index in [4.69, 9.17) is 18.8 Å². The summed E-state index contributed by atoms with van der Waals surface area (Å²) in [4.78, 5) is 12.1. The van der Waals surface area contributed by atoms with E-state index in [2.05, 4.69) is 5.32 Å². The van der Waals surface area contributed by atoms with Crippen molar-refractivity contribution in [1.29, 1.82) is 0 Å². The molecule has 1 heterocycles. The van der Waals surface area contributed by atoms with Crippen LogP contribution in [0.15, 0.2) is 18.2 Å². The third kappa shape index (κ3) is 3.74. The highest BCUT2D eigenvalue weighted by atomic mass is 16.7. The summed E-state index contributed by atoms with van der Waals surface area (Å²) in [6.07, 6.45) is 0. The first-order valence-electron chi connectivity index (χ1n) is 8.02. The quantitative estimate of drug-likeness (QED) is 0.628. The van der Waals surface area contributed by atoms with Gasteiger partial charge >= 0.3 is 7.12 Å². The fraction of sp³-hybridized carbons (Fsp3) is 0.588. The van der Waals surface area contributed by atoms with Crippen LogP contribution < -0.4 is 15.5 Å². The largest absolute Gasteiger partial charge is 0.498 e. The normalized spacial score (nSPS) is 18.5. The summed E-state index contributed by atoms with van der Waals surface area (Å²) >= 11 is 0. The summed E-state index contributed by atoms with van der Waals surface area (Å²) in [6, 6.07) is 5.25. The van der Waals surface area contributed by atoms with Crippen LogP contribution in [-0.2, 0) is 14.0 Å². The molecule has 132 valence electrons. The lowest BCUT2D eigenvalue weighted by atomic mass is 9.78. The van der Waals surface area contributed by atoms with E-state index in [1.54, 1.807) is 26.4 Å². The first-order valence-corrected chi connectivity index (χ1v) is 8.02. The highest BCUT2D eigenvalue weighted by Gasteiger charge is 2.52. The van der Waals surface area contributed by atoms with Crippen LogP contribution in [-0.4, -0.2) is 51.6 Å². The Morgan fingerprint density at radius 2 is 1.79 bits per heavy atom. The number of hydrogen-bond donors (Lipinski definition) is 1. The lowest BCUT2D eigenvalue weighted by Crippen LogP contribution is -2.41. The van der Waals surface area contributed by atoms with Crippen molar-refractivity contribution in [2.45, 2.75) is 38.9 Å². The molecule has 0 saturated carbocycles. The van der Waals surface area contributed by atoms with E-state index >= 15 is 0 Å². The van der Waals surface area contributed by atoms with Crippen molar-refractivity contribution in [2.75, 3.05) is 27.4 Å². The van der Waals surface area contributed by atoms with Gasteiger partial charge < -0.3 is 24.1 Å². The number of nitrogens with one attached hydrogen (secondary N) is 1. The Balaban J connectivity index is 2.20. The zero-order valence-electron chi connectivity index (χ0n) is 15.3. The first kappa shape index (κ1) is 18.8. The fourth-order valence-corrected chi connectivity index (χ4v) is 2.39. The summed E-state index contributed by atoms with van der Waals surface area (Å²) in [7, 11) is 2.63. The van der Waals surface area contributed by atoms with Gasteiger partial charge in [-0.05, 0) is 39.8 Å². The highest BCUT2D eigenvalue weighted by molar-refractivity contribution is 6.63. The van der Waals surface area contributed by atoms with E-state index in [1.165, 1.54) is 0 Å². The molecule has 1 amide bonds. The lowest BCUT2D eigenvalue weighted by molar-refractivity contribution is 0.00578. The minimum absolute atomic E-state index is 0.175. The standard InChI is InChI=1S/C17H26BNO5/c1-16(2)17(3,4)24-18(23-16)13-8-7-12(11-14(13)22-6)15(20)19-9-10-21-5/h7-8,11H,9-10H2,1-6H3,(H,19,20). The summed E-state index contributed by atoms with van der Waals surface area (Å²) in [5.74, 6) is 0.388. The number of carbonyl (C=O) groups excluding carboxylic acids is 1. The molecule has 7 heteroatoms. The molecule has 0 bridgehead atoms. The number of amides is 1. The smallest absolute Gasteiger partial charge is 0.497 e. The minimum Gasteiger partial charge on any atom is -0.497 e. The van der Waals surface area contributed by atoms with Gasteiger partial charge in [-0.15, -0.1) is 0 Å². The Kier molecular flexibility index (Phi) is 5.57. The Hall–Kier alpha value is -1.57. The van der Waals surface area contributed by atoms with Crippen molar-refractivity contribution in [3.8, 4) is 5.75 Å². The van der Waals surface area contributed by atoms with Crippen molar-refractivity contribution in [1.82, 2.24) is 5.32 Å². The Morgan fingerprint density at radius 1 is 1.17 bits per heavy atom. The fourth-order valence-electron chi connectivity index (χ4n) is 2.39. The molecule has 6 nitrogen and oxygen atoms in total. The highest BCUT2D eigenvalue weighted by Crippen LogP contribution is 2.37. The molecule has 1 saturated heterocycles. The molecule has 0 spiro atoms. The molecule has 1 aliphatic rings. The second-order valence-electron chi connectivity index (χ2n) is 6.79. The first-order chi connectivity index (χ1) is 11.2. The molecule has 1 aromatic rings. The molecule has 1 fully saturated rings. The summed E-state index contributed by atoms with van der Waals surface area (Å²) in [5.41, 5.74) is 0.422. The van der Waals surface area contributed by atoms with Gasteiger partial charge in [-0.2, -0.15) is 0 Å². The van der Waals surface area contributed by atoms with E-state index in [0.29, 0.717) is 24.5 Å². The second kappa shape index (κ2) is 7.13. The average molecular weight is 335 g/mol. The summed E-state index contributed by atoms with van der Waals surface area (Å²) in [6.45, 7) is 8.91. The Morgan fingerprint density at radius 3 is 2.33 bits per heavy atom. The van der Waals surface area contributed by atoms with Gasteiger partial charge in [0, 0.05) is 24.7 Å². The minimum atomic E-state index is -0.532. The molecule has 0 radical (unpaired) electrons. The number of ether oxygens (including phenoxy) is 2. The van der Waals surface area contributed by atoms with Crippen LogP contribution in [0.1, 0.15) is 38.1 Å². The zero-order chi connectivity index (χ0) is 18.0. The third-order valence-corrected chi connectivity index (χ3v) is 4.59. The summed E-state index contributed by atoms with van der Waals surface area (Å²) in [5, 5.41) is 2.78. The molecule has 0 aromatic heterocycles. The topological polar surface area (TPSA) is 66.0 Å². The molecule has 0 unspecified atom stereocenters. The maximum absolute atomic E-state index is 12.1. The second-order valence-corrected chi connectivity index (χ2v) is 6.79. The number of rotatable bonds is 6. The van der Waals surface area contributed by atoms with Crippen LogP contribution in [0.2, 0.25) is 0 Å². The molecule has 24 heavy (non-hydrogen) atoms. The van der Waals surface area contributed by atoms with Gasteiger partial charge in [-0.25, -0.2) is 0 Å². The SMILES string of the molecule is COCCNC(=O)c1ccc(B2OC(C)(C)C(C)(C)O2)c(OC)c1. The molecular weight excluding hydrogens is 309 g/mol. The van der Waals surface area contributed by atoms with Crippen LogP contribution in [0.4, 0.5) is 0 Å². The van der Waals surface area contributed by atoms with E-state index in [0.717, 1.165) is 5.46 Å². The van der Waals surface area contributed by atoms with Crippen LogP contribution in [0.5, 0.6) is 5.75 Å². The van der Waals surface area contributed by atoms with Crippen LogP contribution in [0, 0.1) is 0 Å². The molecule has 1 aromatic carbocycles. The van der Waals surface area contributed by atoms with Crippen molar-refractivity contribution in [3.05, 3.63) is 23.8 Å². The number of hydrogen-bond acceptors (Lipinski definition) is 5. The van der Waals surface area contributed by atoms with Crippen molar-refractivity contribution in [2.24, 2.45) is 0 Å². The van der Waals surface area contributed by atoms with Gasteiger partial charge in [0.1, 0.15) is 5.75 Å². The molecule has 1 N–H and O–H groups in total. The summed E-state index contributed by atoms with van der Waals surface area (Å²) < 4.78 is 22.5. The lowest BCUT2D eigenvalue weighted by Gasteiger charge is -2.32. The van der Waals surface area contributed by atoms with Crippen LogP contribution >= 0.6 is 0 Å². The van der Waals surface area contributed by atoms with Gasteiger partial charge in [0.15, 0.2) is 0 Å². The Labute approximate surface area is 143 Å². The predicted molar refractivity (Wildman–Crippen MR) is 92.9 cm³/mol. The van der Waals surface area contributed by atoms with E-state index in [-0.39, 0.29) is 5.91 Å². The van der Waals surface area contributed by atoms with Gasteiger partial charge in [-0.3, -0.25) is 4.79 Å². The van der Waals surface area contributed by atoms with E-state index < -0.39 is 18.3 Å². The van der Waals surface area contributed by atoms with Crippen LogP contribution in [0.25, 0.3) is 0 Å². The van der Waals surface area contributed by atoms with Crippen LogP contribution in [0.3, 0.4) is 0 Å².